The second kappa shape index (κ2) is 5.55. The molecule has 1 aliphatic rings. The lowest BCUT2D eigenvalue weighted by Gasteiger charge is -2.16. The van der Waals surface area contributed by atoms with Gasteiger partial charge in [0.25, 0.3) is 0 Å². The van der Waals surface area contributed by atoms with Crippen molar-refractivity contribution in [2.75, 3.05) is 19.7 Å². The Morgan fingerprint density at radius 1 is 1.54 bits per heavy atom. The molecular weight excluding hydrogens is 169 g/mol. The lowest BCUT2D eigenvalue weighted by atomic mass is 10.1. The predicted octanol–water partition coefficient (Wildman–Crippen LogP) is 2.40. The summed E-state index contributed by atoms with van der Waals surface area (Å²) in [5.74, 6) is 0.572. The summed E-state index contributed by atoms with van der Waals surface area (Å²) in [5.41, 5.74) is 0. The summed E-state index contributed by atoms with van der Waals surface area (Å²) in [5, 5.41) is 0.899. The number of ether oxygens (including phenoxy) is 1. The Labute approximate surface area is 80.0 Å². The largest absolute Gasteiger partial charge is 0.377 e. The molecule has 1 rings (SSSR count). The second-order valence-electron chi connectivity index (χ2n) is 4.19. The van der Waals surface area contributed by atoms with Crippen molar-refractivity contribution < 1.29 is 9.22 Å². The molecule has 0 N–H and O–H groups in total. The molecule has 13 heavy (non-hydrogen) atoms. The van der Waals surface area contributed by atoms with Gasteiger partial charge in [-0.3, -0.25) is 0 Å². The van der Waals surface area contributed by atoms with Gasteiger partial charge in [-0.05, 0) is 25.2 Å². The molecule has 1 fully saturated rings. The average Bonchev–Trinajstić information content (AvgIpc) is 2.53. The van der Waals surface area contributed by atoms with E-state index in [0.717, 1.165) is 31.0 Å². The summed E-state index contributed by atoms with van der Waals surface area (Å²) >= 11 is 0. The van der Waals surface area contributed by atoms with E-state index in [1.54, 1.807) is 0 Å². The van der Waals surface area contributed by atoms with Gasteiger partial charge in [0.2, 0.25) is 0 Å². The molecule has 1 aliphatic heterocycles. The maximum absolute atomic E-state index is 13.2. The van der Waals surface area contributed by atoms with Crippen LogP contribution in [0.3, 0.4) is 0 Å². The number of rotatable bonds is 5. The third kappa shape index (κ3) is 4.58. The monoisotopic (exact) mass is 189 g/mol. The molecule has 3 heteroatoms. The summed E-state index contributed by atoms with van der Waals surface area (Å²) < 4.78 is 18.5. The molecule has 2 nitrogen and oxygen atoms in total. The minimum atomic E-state index is 0.136. The van der Waals surface area contributed by atoms with E-state index in [-0.39, 0.29) is 6.10 Å². The Balaban J connectivity index is 2.05. The van der Waals surface area contributed by atoms with Gasteiger partial charge < -0.3 is 4.74 Å². The first-order chi connectivity index (χ1) is 6.18. The number of nitrogens with zero attached hydrogens (tertiary/aromatic N) is 1. The summed E-state index contributed by atoms with van der Waals surface area (Å²) in [6, 6.07) is 0. The van der Waals surface area contributed by atoms with Crippen LogP contribution in [0, 0.1) is 5.92 Å². The zero-order chi connectivity index (χ0) is 9.68. The minimum absolute atomic E-state index is 0.136. The first-order valence-electron chi connectivity index (χ1n) is 5.21. The highest BCUT2D eigenvalue weighted by Crippen LogP contribution is 2.14. The molecule has 0 radical (unpaired) electrons. The van der Waals surface area contributed by atoms with E-state index in [0.29, 0.717) is 19.0 Å². The third-order valence-corrected chi connectivity index (χ3v) is 2.37. The van der Waals surface area contributed by atoms with Gasteiger partial charge in [0.15, 0.2) is 0 Å². The topological polar surface area (TPSA) is 12.5 Å². The van der Waals surface area contributed by atoms with Crippen molar-refractivity contribution >= 4 is 0 Å². The number of hydrogen-bond acceptors (Lipinski definition) is 2. The molecule has 78 valence electrons. The van der Waals surface area contributed by atoms with Gasteiger partial charge in [0, 0.05) is 13.2 Å². The van der Waals surface area contributed by atoms with Gasteiger partial charge in [-0.15, -0.1) is 9.60 Å². The quantitative estimate of drug-likeness (QED) is 0.616. The van der Waals surface area contributed by atoms with Crippen LogP contribution in [0.15, 0.2) is 0 Å². The highest BCUT2D eigenvalue weighted by Gasteiger charge is 2.18. The molecule has 0 saturated carbocycles. The van der Waals surface area contributed by atoms with E-state index in [9.17, 15) is 4.48 Å². The second-order valence-corrected chi connectivity index (χ2v) is 4.19. The number of halogens is 1. The zero-order valence-electron chi connectivity index (χ0n) is 8.63. The van der Waals surface area contributed by atoms with Crippen LogP contribution in [-0.2, 0) is 4.74 Å². The Morgan fingerprint density at radius 3 is 2.85 bits per heavy atom. The third-order valence-electron chi connectivity index (χ3n) is 2.37. The maximum Gasteiger partial charge on any atom is 0.0729 e. The van der Waals surface area contributed by atoms with Gasteiger partial charge in [0.05, 0.1) is 12.6 Å². The van der Waals surface area contributed by atoms with Gasteiger partial charge in [-0.25, -0.2) is 0 Å². The lowest BCUT2D eigenvalue weighted by molar-refractivity contribution is -0.0291. The van der Waals surface area contributed by atoms with Crippen LogP contribution in [0.4, 0.5) is 4.48 Å². The first kappa shape index (κ1) is 10.9. The Hall–Kier alpha value is -0.150. The molecule has 0 aromatic rings. The van der Waals surface area contributed by atoms with E-state index in [1.807, 2.05) is 0 Å². The highest BCUT2D eigenvalue weighted by molar-refractivity contribution is 4.67. The minimum Gasteiger partial charge on any atom is -0.377 e. The van der Waals surface area contributed by atoms with Crippen molar-refractivity contribution in [2.45, 2.75) is 39.2 Å². The molecule has 0 aliphatic carbocycles. The fourth-order valence-corrected chi connectivity index (χ4v) is 1.50. The molecule has 0 spiro atoms. The van der Waals surface area contributed by atoms with E-state index in [2.05, 4.69) is 13.8 Å². The van der Waals surface area contributed by atoms with Crippen molar-refractivity contribution in [1.29, 1.82) is 0 Å². The molecule has 1 saturated heterocycles. The van der Waals surface area contributed by atoms with Crippen LogP contribution in [-0.4, -0.2) is 30.9 Å². The van der Waals surface area contributed by atoms with Crippen LogP contribution < -0.4 is 0 Å². The lowest BCUT2D eigenvalue weighted by Crippen LogP contribution is -2.27. The van der Waals surface area contributed by atoms with Crippen molar-refractivity contribution in [1.82, 2.24) is 5.12 Å². The van der Waals surface area contributed by atoms with Gasteiger partial charge in [-0.2, -0.15) is 0 Å². The van der Waals surface area contributed by atoms with Crippen LogP contribution in [0.2, 0.25) is 0 Å². The predicted molar refractivity (Wildman–Crippen MR) is 51.1 cm³/mol. The highest BCUT2D eigenvalue weighted by atomic mass is 19.2. The molecule has 0 aromatic heterocycles. The van der Waals surface area contributed by atoms with Crippen molar-refractivity contribution in [3.05, 3.63) is 0 Å². The molecule has 1 unspecified atom stereocenters. The van der Waals surface area contributed by atoms with Crippen LogP contribution in [0.1, 0.15) is 33.1 Å². The van der Waals surface area contributed by atoms with Gasteiger partial charge in [-0.1, -0.05) is 13.8 Å². The van der Waals surface area contributed by atoms with E-state index >= 15 is 0 Å². The number of hydrogen-bond donors (Lipinski definition) is 0. The average molecular weight is 189 g/mol. The van der Waals surface area contributed by atoms with Gasteiger partial charge in [0.1, 0.15) is 0 Å². The Kier molecular flexibility index (Phi) is 4.67. The fourth-order valence-electron chi connectivity index (χ4n) is 1.50. The van der Waals surface area contributed by atoms with Crippen molar-refractivity contribution in [3.63, 3.8) is 0 Å². The molecule has 0 aromatic carbocycles. The summed E-state index contributed by atoms with van der Waals surface area (Å²) in [6.07, 6.45) is 3.16. The zero-order valence-corrected chi connectivity index (χ0v) is 8.63. The standard InChI is InChI=1S/C10H20FNO/c1-9(2)5-6-12(11)8-10-4-3-7-13-10/h9-10H,3-8H2,1-2H3. The summed E-state index contributed by atoms with van der Waals surface area (Å²) in [6.45, 7) is 6.02. The first-order valence-corrected chi connectivity index (χ1v) is 5.21. The van der Waals surface area contributed by atoms with Crippen LogP contribution >= 0.6 is 0 Å². The van der Waals surface area contributed by atoms with E-state index in [4.69, 9.17) is 4.74 Å². The maximum atomic E-state index is 13.2. The smallest absolute Gasteiger partial charge is 0.0729 e. The fraction of sp³-hybridized carbons (Fsp3) is 1.00. The van der Waals surface area contributed by atoms with E-state index < -0.39 is 0 Å². The summed E-state index contributed by atoms with van der Waals surface area (Å²) in [7, 11) is 0. The molecular formula is C10H20FNO. The molecule has 1 atom stereocenters. The molecule has 0 amide bonds. The Morgan fingerprint density at radius 2 is 2.31 bits per heavy atom. The Bertz CT molecular complexity index is 135. The van der Waals surface area contributed by atoms with Crippen molar-refractivity contribution in [3.8, 4) is 0 Å². The van der Waals surface area contributed by atoms with Crippen LogP contribution in [0.5, 0.6) is 0 Å². The van der Waals surface area contributed by atoms with E-state index in [1.165, 1.54) is 0 Å². The normalized spacial score (nSPS) is 23.3. The van der Waals surface area contributed by atoms with Crippen molar-refractivity contribution in [2.24, 2.45) is 5.92 Å². The summed E-state index contributed by atoms with van der Waals surface area (Å²) in [4.78, 5) is 0. The molecule has 1 heterocycles. The SMILES string of the molecule is CC(C)CCN(F)CC1CCCO1. The van der Waals surface area contributed by atoms with Crippen LogP contribution in [0.25, 0.3) is 0 Å². The molecule has 0 bridgehead atoms. The van der Waals surface area contributed by atoms with Gasteiger partial charge >= 0.3 is 0 Å².